The number of benzene rings is 1. The molecule has 2 aromatic heterocycles. The van der Waals surface area contributed by atoms with Crippen LogP contribution in [0.5, 0.6) is 0 Å². The maximum absolute atomic E-state index is 12.9. The van der Waals surface area contributed by atoms with Gasteiger partial charge in [0.15, 0.2) is 5.76 Å². The molecule has 9 heteroatoms. The van der Waals surface area contributed by atoms with E-state index in [0.717, 1.165) is 0 Å². The Bertz CT molecular complexity index is 985. The highest BCUT2D eigenvalue weighted by Crippen LogP contribution is 2.19. The summed E-state index contributed by atoms with van der Waals surface area (Å²) in [4.78, 5) is 26.7. The Kier molecular flexibility index (Phi) is 4.14. The Hall–Kier alpha value is -2.84. The minimum absolute atomic E-state index is 0.185. The smallest absolute Gasteiger partial charge is 0.351 e. The van der Waals surface area contributed by atoms with Gasteiger partial charge in [0.1, 0.15) is 6.54 Å². The molecular formula is C17H15ClN4O4. The fraction of sp³-hybridized carbons (Fsp3) is 0.235. The van der Waals surface area contributed by atoms with Crippen molar-refractivity contribution in [3.05, 3.63) is 58.2 Å². The van der Waals surface area contributed by atoms with Gasteiger partial charge in [0.05, 0.1) is 18.1 Å². The van der Waals surface area contributed by atoms with E-state index in [9.17, 15) is 14.7 Å². The van der Waals surface area contributed by atoms with E-state index in [-0.39, 0.29) is 31.4 Å². The third-order valence-electron chi connectivity index (χ3n) is 4.18. The number of furan rings is 1. The predicted octanol–water partition coefficient (Wildman–Crippen LogP) is 1.15. The molecular weight excluding hydrogens is 360 g/mol. The molecule has 0 radical (unpaired) electrons. The summed E-state index contributed by atoms with van der Waals surface area (Å²) in [5.74, 6) is 0.372. The van der Waals surface area contributed by atoms with Gasteiger partial charge in [0, 0.05) is 18.1 Å². The van der Waals surface area contributed by atoms with Crippen molar-refractivity contribution in [3.8, 4) is 17.3 Å². The van der Waals surface area contributed by atoms with Gasteiger partial charge >= 0.3 is 5.69 Å². The first-order valence-electron chi connectivity index (χ1n) is 7.98. The zero-order valence-electron chi connectivity index (χ0n) is 13.6. The number of carbonyl (C=O) groups excluding carboxylic acids is 1. The molecule has 1 aliphatic heterocycles. The van der Waals surface area contributed by atoms with Crippen LogP contribution in [0.15, 0.2) is 51.9 Å². The number of likely N-dealkylation sites (tertiary alicyclic amines) is 1. The van der Waals surface area contributed by atoms with E-state index in [1.54, 1.807) is 36.4 Å². The molecule has 0 saturated carbocycles. The normalized spacial score (nSPS) is 14.5. The van der Waals surface area contributed by atoms with E-state index < -0.39 is 11.8 Å². The van der Waals surface area contributed by atoms with Crippen molar-refractivity contribution >= 4 is 17.5 Å². The first-order chi connectivity index (χ1) is 12.5. The van der Waals surface area contributed by atoms with Crippen molar-refractivity contribution in [2.24, 2.45) is 0 Å². The van der Waals surface area contributed by atoms with E-state index in [2.05, 4.69) is 5.10 Å². The largest absolute Gasteiger partial charge is 0.461 e. The zero-order valence-corrected chi connectivity index (χ0v) is 14.3. The number of rotatable bonds is 4. The van der Waals surface area contributed by atoms with E-state index in [0.29, 0.717) is 16.5 Å². The van der Waals surface area contributed by atoms with Crippen LogP contribution in [0.4, 0.5) is 0 Å². The lowest BCUT2D eigenvalue weighted by atomic mass is 10.2. The third kappa shape index (κ3) is 2.93. The van der Waals surface area contributed by atoms with Crippen molar-refractivity contribution in [1.82, 2.24) is 19.2 Å². The van der Waals surface area contributed by atoms with Crippen LogP contribution in [0, 0.1) is 0 Å². The van der Waals surface area contributed by atoms with Crippen molar-refractivity contribution < 1.29 is 14.3 Å². The standard InChI is InChI=1S/C17H15ClN4O4/c18-11-3-5-12(6-4-11)22-17(25)21(10-15(24)20-8-13(23)9-20)16(19-22)14-2-1-7-26-14/h1-7,13,23H,8-10H2. The monoisotopic (exact) mass is 374 g/mol. The highest BCUT2D eigenvalue weighted by Gasteiger charge is 2.30. The van der Waals surface area contributed by atoms with Gasteiger partial charge in [0.25, 0.3) is 0 Å². The second-order valence-corrected chi connectivity index (χ2v) is 6.45. The average molecular weight is 375 g/mol. The fourth-order valence-corrected chi connectivity index (χ4v) is 2.90. The lowest BCUT2D eigenvalue weighted by Gasteiger charge is -2.35. The summed E-state index contributed by atoms with van der Waals surface area (Å²) in [5, 5.41) is 14.2. The van der Waals surface area contributed by atoms with Crippen LogP contribution in [0.3, 0.4) is 0 Å². The summed E-state index contributed by atoms with van der Waals surface area (Å²) < 4.78 is 7.83. The average Bonchev–Trinajstić information content (AvgIpc) is 3.22. The molecule has 8 nitrogen and oxygen atoms in total. The summed E-state index contributed by atoms with van der Waals surface area (Å²) in [6.07, 6.45) is 0.969. The van der Waals surface area contributed by atoms with Gasteiger partial charge in [-0.25, -0.2) is 4.79 Å². The fourth-order valence-electron chi connectivity index (χ4n) is 2.77. The summed E-state index contributed by atoms with van der Waals surface area (Å²) in [6, 6.07) is 9.99. The van der Waals surface area contributed by atoms with Crippen LogP contribution in [0.25, 0.3) is 17.3 Å². The number of aliphatic hydroxyl groups excluding tert-OH is 1. The van der Waals surface area contributed by atoms with Gasteiger partial charge in [0.2, 0.25) is 11.7 Å². The van der Waals surface area contributed by atoms with Crippen LogP contribution in [0.2, 0.25) is 5.02 Å². The van der Waals surface area contributed by atoms with Gasteiger partial charge in [-0.2, -0.15) is 4.68 Å². The minimum Gasteiger partial charge on any atom is -0.461 e. The van der Waals surface area contributed by atoms with Gasteiger partial charge in [-0.1, -0.05) is 11.6 Å². The van der Waals surface area contributed by atoms with Gasteiger partial charge in [-0.05, 0) is 36.4 Å². The van der Waals surface area contributed by atoms with Crippen LogP contribution in [-0.2, 0) is 11.3 Å². The lowest BCUT2D eigenvalue weighted by Crippen LogP contribution is -2.54. The zero-order chi connectivity index (χ0) is 18.3. The molecule has 1 N–H and O–H groups in total. The van der Waals surface area contributed by atoms with Crippen molar-refractivity contribution in [1.29, 1.82) is 0 Å². The number of β-amino-alcohol motifs (C(OH)–C–C–N with tert-alkyl or cyclic N) is 1. The van der Waals surface area contributed by atoms with Crippen molar-refractivity contribution in [3.63, 3.8) is 0 Å². The number of halogens is 1. The van der Waals surface area contributed by atoms with Crippen LogP contribution < -0.4 is 5.69 Å². The second-order valence-electron chi connectivity index (χ2n) is 6.01. The lowest BCUT2D eigenvalue weighted by molar-refractivity contribution is -0.141. The summed E-state index contributed by atoms with van der Waals surface area (Å²) >= 11 is 5.90. The van der Waals surface area contributed by atoms with E-state index >= 15 is 0 Å². The van der Waals surface area contributed by atoms with Crippen LogP contribution in [0.1, 0.15) is 0 Å². The molecule has 1 aromatic carbocycles. The maximum atomic E-state index is 12.9. The minimum atomic E-state index is -0.503. The van der Waals surface area contributed by atoms with E-state index in [1.807, 2.05) is 0 Å². The molecule has 1 amide bonds. The first kappa shape index (κ1) is 16.6. The molecule has 4 rings (SSSR count). The number of hydrogen-bond donors (Lipinski definition) is 1. The molecule has 0 aliphatic carbocycles. The summed E-state index contributed by atoms with van der Waals surface area (Å²) in [6.45, 7) is 0.360. The SMILES string of the molecule is O=C(Cn1c(-c2ccco2)nn(-c2ccc(Cl)cc2)c1=O)N1CC(O)C1. The Morgan fingerprint density at radius 3 is 2.62 bits per heavy atom. The molecule has 0 bridgehead atoms. The molecule has 3 heterocycles. The van der Waals surface area contributed by atoms with Gasteiger partial charge in [-0.3, -0.25) is 9.36 Å². The maximum Gasteiger partial charge on any atom is 0.351 e. The summed E-state index contributed by atoms with van der Waals surface area (Å²) in [7, 11) is 0. The predicted molar refractivity (Wildman–Crippen MR) is 93.1 cm³/mol. The molecule has 0 atom stereocenters. The second kappa shape index (κ2) is 6.47. The first-order valence-corrected chi connectivity index (χ1v) is 8.36. The number of aromatic nitrogens is 3. The topological polar surface area (TPSA) is 93.5 Å². The quantitative estimate of drug-likeness (QED) is 0.739. The Balaban J connectivity index is 1.74. The molecule has 1 saturated heterocycles. The highest BCUT2D eigenvalue weighted by molar-refractivity contribution is 6.30. The number of hydrogen-bond acceptors (Lipinski definition) is 5. The van der Waals surface area contributed by atoms with Crippen LogP contribution in [-0.4, -0.2) is 49.5 Å². The molecule has 1 aliphatic rings. The molecule has 0 spiro atoms. The Morgan fingerprint density at radius 1 is 1.27 bits per heavy atom. The molecule has 0 unspecified atom stereocenters. The molecule has 3 aromatic rings. The van der Waals surface area contributed by atoms with Crippen LogP contribution >= 0.6 is 11.6 Å². The number of nitrogens with zero attached hydrogens (tertiary/aromatic N) is 4. The molecule has 26 heavy (non-hydrogen) atoms. The van der Waals surface area contributed by atoms with E-state index in [4.69, 9.17) is 16.0 Å². The van der Waals surface area contributed by atoms with Gasteiger partial charge in [-0.15, -0.1) is 5.10 Å². The summed E-state index contributed by atoms with van der Waals surface area (Å²) in [5.41, 5.74) is 0.0610. The highest BCUT2D eigenvalue weighted by atomic mass is 35.5. The number of aliphatic hydroxyl groups is 1. The Morgan fingerprint density at radius 2 is 2.00 bits per heavy atom. The molecule has 1 fully saturated rings. The van der Waals surface area contributed by atoms with E-state index in [1.165, 1.54) is 20.4 Å². The number of amides is 1. The van der Waals surface area contributed by atoms with Gasteiger partial charge < -0.3 is 14.4 Å². The molecule has 134 valence electrons. The van der Waals surface area contributed by atoms with Crippen molar-refractivity contribution in [2.75, 3.05) is 13.1 Å². The van der Waals surface area contributed by atoms with Crippen molar-refractivity contribution in [2.45, 2.75) is 12.6 Å². The third-order valence-corrected chi connectivity index (χ3v) is 4.44. The Labute approximate surface area is 152 Å². The number of carbonyl (C=O) groups is 1.